The molecule has 0 radical (unpaired) electrons. The molecule has 1 aromatic heterocycles. The fourth-order valence-corrected chi connectivity index (χ4v) is 2.49. The van der Waals surface area contributed by atoms with Crippen LogP contribution in [0.4, 0.5) is 5.82 Å². The fraction of sp³-hybridized carbons (Fsp3) is 0.267. The first-order valence-electron chi connectivity index (χ1n) is 6.32. The number of hydrogen-bond donors (Lipinski definition) is 1. The molecule has 1 saturated heterocycles. The normalized spacial score (nSPS) is 14.7. The van der Waals surface area contributed by atoms with Crippen LogP contribution >= 0.6 is 0 Å². The minimum atomic E-state index is 0.746. The number of anilines is 1. The largest absolute Gasteiger partial charge is 0.357 e. The molecule has 90 valence electrons. The summed E-state index contributed by atoms with van der Waals surface area (Å²) in [7, 11) is 0. The van der Waals surface area contributed by atoms with Gasteiger partial charge in [-0.2, -0.15) is 5.26 Å². The van der Waals surface area contributed by atoms with Crippen LogP contribution in [0.2, 0.25) is 0 Å². The van der Waals surface area contributed by atoms with Gasteiger partial charge in [-0.3, -0.25) is 0 Å². The molecular weight excluding hydrogens is 222 g/mol. The van der Waals surface area contributed by atoms with Crippen LogP contribution in [0, 0.1) is 11.3 Å². The van der Waals surface area contributed by atoms with Crippen molar-refractivity contribution in [3.8, 4) is 17.3 Å². The van der Waals surface area contributed by atoms with E-state index in [0.717, 1.165) is 35.7 Å². The molecule has 18 heavy (non-hydrogen) atoms. The van der Waals surface area contributed by atoms with Crippen molar-refractivity contribution >= 4 is 5.82 Å². The van der Waals surface area contributed by atoms with Crippen molar-refractivity contribution in [2.24, 2.45) is 0 Å². The highest BCUT2D eigenvalue weighted by atomic mass is 15.2. The van der Waals surface area contributed by atoms with Crippen molar-refractivity contribution in [1.82, 2.24) is 4.98 Å². The zero-order valence-corrected chi connectivity index (χ0v) is 10.2. The molecule has 1 fully saturated rings. The Balaban J connectivity index is 2.01. The fourth-order valence-electron chi connectivity index (χ4n) is 2.49. The van der Waals surface area contributed by atoms with E-state index in [4.69, 9.17) is 0 Å². The van der Waals surface area contributed by atoms with Crippen LogP contribution in [0.1, 0.15) is 18.4 Å². The number of hydrogen-bond acceptors (Lipinski definition) is 2. The van der Waals surface area contributed by atoms with Gasteiger partial charge in [0.1, 0.15) is 11.9 Å². The lowest BCUT2D eigenvalue weighted by Crippen LogP contribution is -2.18. The summed E-state index contributed by atoms with van der Waals surface area (Å²) in [6.07, 6.45) is 2.43. The minimum Gasteiger partial charge on any atom is -0.357 e. The van der Waals surface area contributed by atoms with Crippen molar-refractivity contribution in [2.75, 3.05) is 18.0 Å². The van der Waals surface area contributed by atoms with Gasteiger partial charge in [0.25, 0.3) is 0 Å². The van der Waals surface area contributed by atoms with Crippen molar-refractivity contribution < 1.29 is 0 Å². The lowest BCUT2D eigenvalue weighted by atomic mass is 10.1. The van der Waals surface area contributed by atoms with E-state index >= 15 is 0 Å². The Kier molecular flexibility index (Phi) is 2.77. The van der Waals surface area contributed by atoms with Crippen LogP contribution in [0.25, 0.3) is 11.3 Å². The van der Waals surface area contributed by atoms with Crippen molar-refractivity contribution in [3.05, 3.63) is 42.0 Å². The summed E-state index contributed by atoms with van der Waals surface area (Å²) in [6, 6.07) is 14.4. The molecule has 0 aliphatic carbocycles. The molecule has 1 N–H and O–H groups in total. The molecule has 1 aromatic carbocycles. The van der Waals surface area contributed by atoms with Gasteiger partial charge < -0.3 is 9.88 Å². The molecule has 3 nitrogen and oxygen atoms in total. The summed E-state index contributed by atoms with van der Waals surface area (Å²) < 4.78 is 0. The van der Waals surface area contributed by atoms with E-state index in [1.807, 2.05) is 24.3 Å². The maximum atomic E-state index is 9.24. The molecule has 3 rings (SSSR count). The van der Waals surface area contributed by atoms with Crippen LogP contribution < -0.4 is 4.90 Å². The summed E-state index contributed by atoms with van der Waals surface area (Å²) in [4.78, 5) is 5.66. The Morgan fingerprint density at radius 1 is 1.11 bits per heavy atom. The highest BCUT2D eigenvalue weighted by Gasteiger charge is 2.18. The number of nitrogens with one attached hydrogen (secondary N) is 1. The van der Waals surface area contributed by atoms with E-state index in [1.54, 1.807) is 0 Å². The Morgan fingerprint density at radius 3 is 2.50 bits per heavy atom. The molecule has 0 unspecified atom stereocenters. The van der Waals surface area contributed by atoms with Crippen LogP contribution in [0.3, 0.4) is 0 Å². The van der Waals surface area contributed by atoms with Gasteiger partial charge in [0, 0.05) is 18.8 Å². The Morgan fingerprint density at radius 2 is 1.83 bits per heavy atom. The molecule has 0 atom stereocenters. The zero-order chi connectivity index (χ0) is 12.4. The Hall–Kier alpha value is -2.21. The predicted octanol–water partition coefficient (Wildman–Crippen LogP) is 3.15. The third-order valence-electron chi connectivity index (χ3n) is 3.42. The first-order chi connectivity index (χ1) is 8.88. The maximum absolute atomic E-state index is 9.24. The number of benzene rings is 1. The standard InChI is InChI=1S/C15H15N3/c16-11-13-10-14(12-6-2-1-3-7-12)17-15(13)18-8-4-5-9-18/h1-3,6-7,10,17H,4-5,8-9H2. The first-order valence-corrected chi connectivity index (χ1v) is 6.32. The van der Waals surface area contributed by atoms with E-state index in [1.165, 1.54) is 12.8 Å². The van der Waals surface area contributed by atoms with Crippen LogP contribution in [0.5, 0.6) is 0 Å². The number of rotatable bonds is 2. The molecular formula is C15H15N3. The van der Waals surface area contributed by atoms with E-state index in [0.29, 0.717) is 0 Å². The summed E-state index contributed by atoms with van der Waals surface area (Å²) in [5, 5.41) is 9.24. The number of aromatic nitrogens is 1. The van der Waals surface area contributed by atoms with Crippen molar-refractivity contribution in [1.29, 1.82) is 5.26 Å². The van der Waals surface area contributed by atoms with E-state index < -0.39 is 0 Å². The van der Waals surface area contributed by atoms with Gasteiger partial charge >= 0.3 is 0 Å². The number of nitrogens with zero attached hydrogens (tertiary/aromatic N) is 2. The van der Waals surface area contributed by atoms with Gasteiger partial charge in [0.2, 0.25) is 0 Å². The smallest absolute Gasteiger partial charge is 0.124 e. The van der Waals surface area contributed by atoms with Gasteiger partial charge in [-0.25, -0.2) is 0 Å². The molecule has 1 aliphatic rings. The van der Waals surface area contributed by atoms with Gasteiger partial charge in [-0.1, -0.05) is 30.3 Å². The van der Waals surface area contributed by atoms with Crippen LogP contribution in [-0.2, 0) is 0 Å². The SMILES string of the molecule is N#Cc1cc(-c2ccccc2)[nH]c1N1CCCC1. The molecule has 2 heterocycles. The average Bonchev–Trinajstić information content (AvgIpc) is 3.08. The maximum Gasteiger partial charge on any atom is 0.124 e. The van der Waals surface area contributed by atoms with E-state index in [9.17, 15) is 5.26 Å². The highest BCUT2D eigenvalue weighted by Crippen LogP contribution is 2.28. The average molecular weight is 237 g/mol. The molecule has 1 aliphatic heterocycles. The Labute approximate surface area is 107 Å². The summed E-state index contributed by atoms with van der Waals surface area (Å²) in [6.45, 7) is 2.09. The van der Waals surface area contributed by atoms with Crippen molar-refractivity contribution in [2.45, 2.75) is 12.8 Å². The number of aromatic amines is 1. The highest BCUT2D eigenvalue weighted by molar-refractivity contribution is 5.69. The van der Waals surface area contributed by atoms with Gasteiger partial charge in [-0.05, 0) is 24.5 Å². The van der Waals surface area contributed by atoms with Gasteiger partial charge in [-0.15, -0.1) is 0 Å². The summed E-state index contributed by atoms with van der Waals surface area (Å²) >= 11 is 0. The molecule has 0 saturated carbocycles. The Bertz CT molecular complexity index is 572. The molecule has 3 heteroatoms. The molecule has 2 aromatic rings. The van der Waals surface area contributed by atoms with Gasteiger partial charge in [0.05, 0.1) is 5.56 Å². The number of H-pyrrole nitrogens is 1. The van der Waals surface area contributed by atoms with Crippen LogP contribution in [-0.4, -0.2) is 18.1 Å². The second-order valence-electron chi connectivity index (χ2n) is 4.62. The lowest BCUT2D eigenvalue weighted by molar-refractivity contribution is 0.944. The lowest BCUT2D eigenvalue weighted by Gasteiger charge is -2.15. The predicted molar refractivity (Wildman–Crippen MR) is 72.4 cm³/mol. The molecule has 0 spiro atoms. The molecule has 0 bridgehead atoms. The van der Waals surface area contributed by atoms with Crippen LogP contribution in [0.15, 0.2) is 36.4 Å². The topological polar surface area (TPSA) is 42.8 Å². The minimum absolute atomic E-state index is 0.746. The van der Waals surface area contributed by atoms with E-state index in [2.05, 4.69) is 28.1 Å². The monoisotopic (exact) mass is 237 g/mol. The first kappa shape index (κ1) is 10.9. The van der Waals surface area contributed by atoms with Crippen molar-refractivity contribution in [3.63, 3.8) is 0 Å². The summed E-state index contributed by atoms with van der Waals surface area (Å²) in [5.41, 5.74) is 2.89. The van der Waals surface area contributed by atoms with Gasteiger partial charge in [0.15, 0.2) is 0 Å². The number of nitriles is 1. The summed E-state index contributed by atoms with van der Waals surface area (Å²) in [5.74, 6) is 0.980. The zero-order valence-electron chi connectivity index (χ0n) is 10.2. The molecule has 0 amide bonds. The second kappa shape index (κ2) is 4.58. The quantitative estimate of drug-likeness (QED) is 0.871. The van der Waals surface area contributed by atoms with E-state index in [-0.39, 0.29) is 0 Å². The third-order valence-corrected chi connectivity index (χ3v) is 3.42. The second-order valence-corrected chi connectivity index (χ2v) is 4.62. The third kappa shape index (κ3) is 1.86.